The van der Waals surface area contributed by atoms with E-state index in [1.807, 2.05) is 11.8 Å². The van der Waals surface area contributed by atoms with E-state index in [2.05, 4.69) is 66.8 Å². The van der Waals surface area contributed by atoms with Crippen molar-refractivity contribution >= 4 is 41.7 Å². The van der Waals surface area contributed by atoms with Crippen LogP contribution in [0.15, 0.2) is 29.3 Å². The van der Waals surface area contributed by atoms with Crippen LogP contribution in [0.1, 0.15) is 44.7 Å². The minimum atomic E-state index is 0. The van der Waals surface area contributed by atoms with Crippen LogP contribution in [0.3, 0.4) is 0 Å². The quantitative estimate of drug-likeness (QED) is 0.205. The van der Waals surface area contributed by atoms with Crippen molar-refractivity contribution in [3.05, 3.63) is 35.4 Å². The van der Waals surface area contributed by atoms with E-state index in [9.17, 15) is 0 Å². The molecule has 166 valence electrons. The zero-order valence-corrected chi connectivity index (χ0v) is 21.6. The topological polar surface area (TPSA) is 48.9 Å². The van der Waals surface area contributed by atoms with E-state index in [-0.39, 0.29) is 24.0 Å². The molecule has 0 amide bonds. The van der Waals surface area contributed by atoms with Crippen LogP contribution in [0.2, 0.25) is 0 Å². The van der Waals surface area contributed by atoms with Gasteiger partial charge in [0, 0.05) is 32.7 Å². The lowest BCUT2D eigenvalue weighted by Crippen LogP contribution is -2.44. The first kappa shape index (κ1) is 26.5. The van der Waals surface area contributed by atoms with Gasteiger partial charge in [0.05, 0.1) is 18.8 Å². The zero-order valence-electron chi connectivity index (χ0n) is 18.4. The molecule has 0 saturated carbocycles. The van der Waals surface area contributed by atoms with Gasteiger partial charge in [-0.25, -0.2) is 4.99 Å². The highest BCUT2D eigenvalue weighted by molar-refractivity contribution is 14.0. The SMILES string of the molecule is CCNC(=NCc1ccccc1CN1CC(C)OC(C)C1)NCCCCSC.I. The molecule has 0 radical (unpaired) electrons. The van der Waals surface area contributed by atoms with Crippen LogP contribution in [-0.4, -0.2) is 61.3 Å². The number of nitrogens with one attached hydrogen (secondary N) is 2. The Morgan fingerprint density at radius 3 is 2.48 bits per heavy atom. The lowest BCUT2D eigenvalue weighted by molar-refractivity contribution is -0.0705. The summed E-state index contributed by atoms with van der Waals surface area (Å²) in [6.45, 7) is 11.9. The predicted molar refractivity (Wildman–Crippen MR) is 138 cm³/mol. The summed E-state index contributed by atoms with van der Waals surface area (Å²) in [5.74, 6) is 2.14. The molecule has 0 aliphatic carbocycles. The highest BCUT2D eigenvalue weighted by Crippen LogP contribution is 2.17. The Morgan fingerprint density at radius 2 is 1.83 bits per heavy atom. The summed E-state index contributed by atoms with van der Waals surface area (Å²) in [5, 5.41) is 6.83. The Labute approximate surface area is 198 Å². The molecule has 2 N–H and O–H groups in total. The van der Waals surface area contributed by atoms with Crippen molar-refractivity contribution in [3.63, 3.8) is 0 Å². The summed E-state index contributed by atoms with van der Waals surface area (Å²) < 4.78 is 5.87. The van der Waals surface area contributed by atoms with E-state index in [0.717, 1.165) is 38.7 Å². The van der Waals surface area contributed by atoms with Crippen LogP contribution in [0.25, 0.3) is 0 Å². The molecule has 2 unspecified atom stereocenters. The smallest absolute Gasteiger partial charge is 0.191 e. The van der Waals surface area contributed by atoms with Crippen molar-refractivity contribution in [2.75, 3.05) is 38.2 Å². The minimum absolute atomic E-state index is 0. The number of aliphatic imine (C=N–C) groups is 1. The standard InChI is InChI=1S/C22H38N4OS.HI/c1-5-23-22(24-12-8-9-13-28-4)25-14-20-10-6-7-11-21(20)17-26-15-18(2)27-19(3)16-26;/h6-7,10-11,18-19H,5,8-9,12-17H2,1-4H3,(H2,23,24,25);1H. The third-order valence-electron chi connectivity index (χ3n) is 4.83. The Balaban J connectivity index is 0.00000420. The number of ether oxygens (including phenoxy) is 1. The van der Waals surface area contributed by atoms with Crippen molar-refractivity contribution in [1.29, 1.82) is 0 Å². The molecule has 1 heterocycles. The van der Waals surface area contributed by atoms with Gasteiger partial charge >= 0.3 is 0 Å². The lowest BCUT2D eigenvalue weighted by atomic mass is 10.1. The number of morpholine rings is 1. The first-order valence-electron chi connectivity index (χ1n) is 10.6. The maximum absolute atomic E-state index is 5.87. The van der Waals surface area contributed by atoms with Crippen molar-refractivity contribution in [2.45, 2.75) is 58.9 Å². The van der Waals surface area contributed by atoms with E-state index >= 15 is 0 Å². The molecule has 0 aromatic heterocycles. The first-order chi connectivity index (χ1) is 13.6. The van der Waals surface area contributed by atoms with Crippen LogP contribution >= 0.6 is 35.7 Å². The molecule has 1 aromatic rings. The molecule has 5 nitrogen and oxygen atoms in total. The summed E-state index contributed by atoms with van der Waals surface area (Å²) in [4.78, 5) is 7.33. The summed E-state index contributed by atoms with van der Waals surface area (Å²) >= 11 is 1.91. The Hall–Kier alpha value is -0.510. The fourth-order valence-corrected chi connectivity index (χ4v) is 4.10. The number of guanidine groups is 1. The maximum atomic E-state index is 5.87. The van der Waals surface area contributed by atoms with Crippen LogP contribution in [-0.2, 0) is 17.8 Å². The Kier molecular flexibility index (Phi) is 14.0. The summed E-state index contributed by atoms with van der Waals surface area (Å²) in [6, 6.07) is 8.68. The molecule has 7 heteroatoms. The number of nitrogens with zero attached hydrogens (tertiary/aromatic N) is 2. The molecule has 29 heavy (non-hydrogen) atoms. The van der Waals surface area contributed by atoms with Gasteiger partial charge in [-0.2, -0.15) is 11.8 Å². The summed E-state index contributed by atoms with van der Waals surface area (Å²) in [6.07, 6.45) is 5.17. The predicted octanol–water partition coefficient (Wildman–Crippen LogP) is 4.11. The lowest BCUT2D eigenvalue weighted by Gasteiger charge is -2.35. The highest BCUT2D eigenvalue weighted by Gasteiger charge is 2.22. The third-order valence-corrected chi connectivity index (χ3v) is 5.52. The number of thioether (sulfide) groups is 1. The van der Waals surface area contributed by atoms with E-state index in [1.165, 1.54) is 29.7 Å². The van der Waals surface area contributed by atoms with Crippen molar-refractivity contribution in [3.8, 4) is 0 Å². The fourth-order valence-electron chi connectivity index (χ4n) is 3.60. The van der Waals surface area contributed by atoms with Gasteiger partial charge in [0.2, 0.25) is 0 Å². The average molecular weight is 535 g/mol. The van der Waals surface area contributed by atoms with Crippen molar-refractivity contribution < 1.29 is 4.74 Å². The average Bonchev–Trinajstić information content (AvgIpc) is 2.66. The van der Waals surface area contributed by atoms with Gasteiger partial charge in [-0.05, 0) is 56.7 Å². The number of hydrogen-bond acceptors (Lipinski definition) is 4. The summed E-state index contributed by atoms with van der Waals surface area (Å²) in [7, 11) is 0. The van der Waals surface area contributed by atoms with Crippen LogP contribution in [0.5, 0.6) is 0 Å². The number of hydrogen-bond donors (Lipinski definition) is 2. The first-order valence-corrected chi connectivity index (χ1v) is 12.0. The van der Waals surface area contributed by atoms with Gasteiger partial charge in [-0.3, -0.25) is 4.90 Å². The Morgan fingerprint density at radius 1 is 1.14 bits per heavy atom. The second kappa shape index (κ2) is 15.3. The van der Waals surface area contributed by atoms with E-state index in [4.69, 9.17) is 9.73 Å². The van der Waals surface area contributed by atoms with Crippen LogP contribution in [0, 0.1) is 0 Å². The van der Waals surface area contributed by atoms with E-state index in [0.29, 0.717) is 18.8 Å². The molecule has 0 spiro atoms. The summed E-state index contributed by atoms with van der Waals surface area (Å²) in [5.41, 5.74) is 2.66. The second-order valence-electron chi connectivity index (χ2n) is 7.54. The van der Waals surface area contributed by atoms with Gasteiger partial charge in [0.25, 0.3) is 0 Å². The fraction of sp³-hybridized carbons (Fsp3) is 0.682. The van der Waals surface area contributed by atoms with Gasteiger partial charge in [0.15, 0.2) is 5.96 Å². The second-order valence-corrected chi connectivity index (χ2v) is 8.53. The maximum Gasteiger partial charge on any atom is 0.191 e. The van der Waals surface area contributed by atoms with Crippen LogP contribution < -0.4 is 10.6 Å². The van der Waals surface area contributed by atoms with Crippen LogP contribution in [0.4, 0.5) is 0 Å². The van der Waals surface area contributed by atoms with E-state index in [1.54, 1.807) is 0 Å². The zero-order chi connectivity index (χ0) is 20.2. The minimum Gasteiger partial charge on any atom is -0.373 e. The number of halogens is 1. The molecule has 1 aromatic carbocycles. The molecular formula is C22H39IN4OS. The molecule has 1 saturated heterocycles. The van der Waals surface area contributed by atoms with Gasteiger partial charge in [-0.15, -0.1) is 24.0 Å². The van der Waals surface area contributed by atoms with E-state index < -0.39 is 0 Å². The number of benzene rings is 1. The number of rotatable bonds is 10. The molecule has 2 rings (SSSR count). The largest absolute Gasteiger partial charge is 0.373 e. The third kappa shape index (κ3) is 10.4. The molecule has 2 atom stereocenters. The Bertz CT molecular complexity index is 592. The van der Waals surface area contributed by atoms with Gasteiger partial charge < -0.3 is 15.4 Å². The van der Waals surface area contributed by atoms with Crippen molar-refractivity contribution in [2.24, 2.45) is 4.99 Å². The van der Waals surface area contributed by atoms with Crippen molar-refractivity contribution in [1.82, 2.24) is 15.5 Å². The van der Waals surface area contributed by atoms with Gasteiger partial charge in [-0.1, -0.05) is 24.3 Å². The number of unbranched alkanes of at least 4 members (excludes halogenated alkanes) is 1. The molecule has 1 aliphatic rings. The monoisotopic (exact) mass is 534 g/mol. The molecule has 1 aliphatic heterocycles. The molecule has 0 bridgehead atoms. The highest BCUT2D eigenvalue weighted by atomic mass is 127. The molecular weight excluding hydrogens is 495 g/mol. The molecule has 1 fully saturated rings. The normalized spacial score (nSPS) is 20.2. The van der Waals surface area contributed by atoms with Gasteiger partial charge in [0.1, 0.15) is 0 Å².